The van der Waals surface area contributed by atoms with Crippen molar-refractivity contribution in [2.75, 3.05) is 20.2 Å². The topological polar surface area (TPSA) is 58.8 Å². The monoisotopic (exact) mass is 463 g/mol. The fourth-order valence-corrected chi connectivity index (χ4v) is 2.28. The Hall–Kier alpha value is -1.41. The van der Waals surface area contributed by atoms with Gasteiger partial charge in [0.25, 0.3) is 0 Å². The molecule has 0 aliphatic heterocycles. The first-order valence-electron chi connectivity index (χ1n) is 7.60. The van der Waals surface area contributed by atoms with E-state index in [9.17, 15) is 0 Å². The van der Waals surface area contributed by atoms with Crippen LogP contribution in [0.5, 0.6) is 5.75 Å². The number of nitrogens with one attached hydrogen (secondary N) is 2. The Morgan fingerprint density at radius 3 is 2.79 bits per heavy atom. The van der Waals surface area contributed by atoms with Gasteiger partial charge in [0.05, 0.1) is 19.9 Å². The molecule has 2 rings (SSSR count). The van der Waals surface area contributed by atoms with Gasteiger partial charge in [-0.05, 0) is 31.2 Å². The summed E-state index contributed by atoms with van der Waals surface area (Å²) in [6.45, 7) is 4.09. The van der Waals surface area contributed by atoms with Crippen molar-refractivity contribution in [3.05, 3.63) is 52.9 Å². The van der Waals surface area contributed by atoms with Crippen LogP contribution in [-0.4, -0.2) is 26.2 Å². The molecule has 1 aromatic carbocycles. The van der Waals surface area contributed by atoms with E-state index in [1.54, 1.807) is 19.4 Å². The van der Waals surface area contributed by atoms with Crippen LogP contribution >= 0.6 is 35.6 Å². The van der Waals surface area contributed by atoms with Crippen LogP contribution in [-0.2, 0) is 13.0 Å². The minimum atomic E-state index is 0. The van der Waals surface area contributed by atoms with E-state index < -0.39 is 0 Å². The van der Waals surface area contributed by atoms with Crippen molar-refractivity contribution >= 4 is 41.5 Å². The molecule has 7 heteroatoms. The molecular formula is C17H23ClIN3O2. The molecule has 1 aromatic heterocycles. The van der Waals surface area contributed by atoms with Crippen LogP contribution < -0.4 is 15.4 Å². The van der Waals surface area contributed by atoms with Gasteiger partial charge in [-0.2, -0.15) is 0 Å². The number of aliphatic imine (C=N–C) groups is 1. The van der Waals surface area contributed by atoms with Crippen LogP contribution in [0.2, 0.25) is 5.02 Å². The molecule has 1 heterocycles. The van der Waals surface area contributed by atoms with E-state index in [-0.39, 0.29) is 24.0 Å². The van der Waals surface area contributed by atoms with E-state index in [4.69, 9.17) is 20.8 Å². The van der Waals surface area contributed by atoms with E-state index in [1.165, 1.54) is 0 Å². The molecule has 0 radical (unpaired) electrons. The number of ether oxygens (including phenoxy) is 1. The molecule has 132 valence electrons. The van der Waals surface area contributed by atoms with Crippen molar-refractivity contribution in [3.63, 3.8) is 0 Å². The summed E-state index contributed by atoms with van der Waals surface area (Å²) in [5.74, 6) is 2.46. The van der Waals surface area contributed by atoms with Crippen molar-refractivity contribution < 1.29 is 9.15 Å². The fraction of sp³-hybridized carbons (Fsp3) is 0.353. The smallest absolute Gasteiger partial charge is 0.191 e. The highest BCUT2D eigenvalue weighted by Gasteiger charge is 2.04. The van der Waals surface area contributed by atoms with Gasteiger partial charge in [0.2, 0.25) is 0 Å². The van der Waals surface area contributed by atoms with Crippen LogP contribution in [0.1, 0.15) is 18.2 Å². The summed E-state index contributed by atoms with van der Waals surface area (Å²) in [7, 11) is 1.63. The molecule has 2 N–H and O–H groups in total. The normalized spacial score (nSPS) is 10.9. The van der Waals surface area contributed by atoms with E-state index in [1.807, 2.05) is 31.2 Å². The van der Waals surface area contributed by atoms with Gasteiger partial charge in [0, 0.05) is 30.1 Å². The minimum Gasteiger partial charge on any atom is -0.496 e. The van der Waals surface area contributed by atoms with Gasteiger partial charge in [0.1, 0.15) is 11.5 Å². The minimum absolute atomic E-state index is 0. The highest BCUT2D eigenvalue weighted by Crippen LogP contribution is 2.23. The third kappa shape index (κ3) is 6.60. The van der Waals surface area contributed by atoms with Crippen LogP contribution in [0.15, 0.2) is 46.0 Å². The second-order valence-electron chi connectivity index (χ2n) is 4.91. The van der Waals surface area contributed by atoms with Crippen molar-refractivity contribution in [1.29, 1.82) is 0 Å². The molecule has 0 unspecified atom stereocenters. The van der Waals surface area contributed by atoms with Gasteiger partial charge in [-0.3, -0.25) is 0 Å². The van der Waals surface area contributed by atoms with Crippen molar-refractivity contribution in [1.82, 2.24) is 10.6 Å². The van der Waals surface area contributed by atoms with Crippen LogP contribution in [0.3, 0.4) is 0 Å². The van der Waals surface area contributed by atoms with E-state index >= 15 is 0 Å². The Balaban J connectivity index is 0.00000288. The highest BCUT2D eigenvalue weighted by molar-refractivity contribution is 14.0. The van der Waals surface area contributed by atoms with Gasteiger partial charge < -0.3 is 19.8 Å². The number of methoxy groups -OCH3 is 1. The molecule has 24 heavy (non-hydrogen) atoms. The van der Waals surface area contributed by atoms with E-state index in [0.717, 1.165) is 42.5 Å². The third-order valence-electron chi connectivity index (χ3n) is 3.24. The zero-order valence-electron chi connectivity index (χ0n) is 13.8. The number of hydrogen-bond acceptors (Lipinski definition) is 3. The number of halogens is 2. The second-order valence-corrected chi connectivity index (χ2v) is 5.34. The zero-order chi connectivity index (χ0) is 16.5. The van der Waals surface area contributed by atoms with Crippen LogP contribution in [0.25, 0.3) is 0 Å². The highest BCUT2D eigenvalue weighted by atomic mass is 127. The third-order valence-corrected chi connectivity index (χ3v) is 3.48. The fourth-order valence-electron chi connectivity index (χ4n) is 2.11. The van der Waals surface area contributed by atoms with Crippen molar-refractivity contribution in [2.45, 2.75) is 19.9 Å². The summed E-state index contributed by atoms with van der Waals surface area (Å²) in [4.78, 5) is 4.58. The Labute approximate surface area is 164 Å². The number of rotatable bonds is 7. The number of guanidine groups is 1. The molecule has 2 aromatic rings. The predicted molar refractivity (Wildman–Crippen MR) is 109 cm³/mol. The molecule has 0 bridgehead atoms. The summed E-state index contributed by atoms with van der Waals surface area (Å²) < 4.78 is 10.7. The molecule has 0 atom stereocenters. The second kappa shape index (κ2) is 11.2. The molecule has 0 aliphatic carbocycles. The number of benzene rings is 1. The first-order chi connectivity index (χ1) is 11.2. The lowest BCUT2D eigenvalue weighted by atomic mass is 10.2. The van der Waals surface area contributed by atoms with Gasteiger partial charge in [-0.25, -0.2) is 4.99 Å². The molecule has 0 fully saturated rings. The Morgan fingerprint density at radius 2 is 2.12 bits per heavy atom. The lowest BCUT2D eigenvalue weighted by Gasteiger charge is -2.12. The molecule has 0 spiro atoms. The average molecular weight is 464 g/mol. The lowest BCUT2D eigenvalue weighted by molar-refractivity contribution is 0.410. The Morgan fingerprint density at radius 1 is 1.29 bits per heavy atom. The van der Waals surface area contributed by atoms with Crippen molar-refractivity contribution in [2.24, 2.45) is 4.99 Å². The summed E-state index contributed by atoms with van der Waals surface area (Å²) in [5.41, 5.74) is 0.986. The van der Waals surface area contributed by atoms with E-state index in [2.05, 4.69) is 15.6 Å². The number of nitrogens with zero attached hydrogens (tertiary/aromatic N) is 1. The van der Waals surface area contributed by atoms with E-state index in [0.29, 0.717) is 11.6 Å². The first-order valence-corrected chi connectivity index (χ1v) is 7.97. The Bertz CT molecular complexity index is 633. The lowest BCUT2D eigenvalue weighted by Crippen LogP contribution is -2.38. The molecule has 0 aliphatic rings. The summed E-state index contributed by atoms with van der Waals surface area (Å²) >= 11 is 5.98. The maximum atomic E-state index is 5.98. The average Bonchev–Trinajstić information content (AvgIpc) is 3.06. The number of furan rings is 1. The molecule has 5 nitrogen and oxygen atoms in total. The summed E-state index contributed by atoms with van der Waals surface area (Å²) in [5, 5.41) is 7.16. The summed E-state index contributed by atoms with van der Waals surface area (Å²) in [6, 6.07) is 9.42. The molecular weight excluding hydrogens is 441 g/mol. The maximum absolute atomic E-state index is 5.98. The number of hydrogen-bond donors (Lipinski definition) is 2. The molecule has 0 amide bonds. The van der Waals surface area contributed by atoms with Gasteiger partial charge in [0.15, 0.2) is 5.96 Å². The van der Waals surface area contributed by atoms with Crippen molar-refractivity contribution in [3.8, 4) is 5.75 Å². The van der Waals surface area contributed by atoms with Crippen LogP contribution in [0.4, 0.5) is 0 Å². The van der Waals surface area contributed by atoms with Crippen LogP contribution in [0, 0.1) is 0 Å². The summed E-state index contributed by atoms with van der Waals surface area (Å²) in [6.07, 6.45) is 2.49. The maximum Gasteiger partial charge on any atom is 0.191 e. The SMILES string of the molecule is CCNC(=NCc1ccc(Cl)cc1OC)NCCc1ccco1.I. The first kappa shape index (κ1) is 20.6. The van der Waals surface area contributed by atoms with Gasteiger partial charge in [-0.15, -0.1) is 24.0 Å². The standard InChI is InChI=1S/C17H22ClN3O2.HI/c1-3-19-17(20-9-8-15-5-4-10-23-15)21-12-13-6-7-14(18)11-16(13)22-2;/h4-7,10-11H,3,8-9,12H2,1-2H3,(H2,19,20,21);1H. The molecule has 0 saturated heterocycles. The quantitative estimate of drug-likeness (QED) is 0.372. The largest absolute Gasteiger partial charge is 0.496 e. The zero-order valence-corrected chi connectivity index (χ0v) is 16.9. The van der Waals surface area contributed by atoms with Gasteiger partial charge >= 0.3 is 0 Å². The molecule has 0 saturated carbocycles. The van der Waals surface area contributed by atoms with Gasteiger partial charge in [-0.1, -0.05) is 17.7 Å². The predicted octanol–water partition coefficient (Wildman–Crippen LogP) is 3.86. The Kier molecular flexibility index (Phi) is 9.63.